The first-order valence-electron chi connectivity index (χ1n) is 16.7. The minimum Gasteiger partial charge on any atom is -0.507 e. The number of hydroxylamine groups is 2. The van der Waals surface area contributed by atoms with E-state index in [0.29, 0.717) is 18.6 Å². The van der Waals surface area contributed by atoms with Crippen LogP contribution in [0.1, 0.15) is 116 Å². The molecule has 0 aromatic heterocycles. The molecule has 0 amide bonds. The van der Waals surface area contributed by atoms with Crippen molar-refractivity contribution in [1.82, 2.24) is 5.06 Å². The average molecular weight is 694 g/mol. The highest BCUT2D eigenvalue weighted by atomic mass is 16.7. The number of methoxy groups -OCH3 is 1. The molecular weight excluding hydrogens is 648 g/mol. The second-order valence-corrected chi connectivity index (χ2v) is 15.2. The summed E-state index contributed by atoms with van der Waals surface area (Å²) in [4.78, 5) is 27.9. The highest BCUT2D eigenvalue weighted by Crippen LogP contribution is 2.52. The van der Waals surface area contributed by atoms with E-state index in [4.69, 9.17) is 19.9 Å². The summed E-state index contributed by atoms with van der Waals surface area (Å²) >= 11 is 0. The molecule has 0 unspecified atom stereocenters. The lowest BCUT2D eigenvalue weighted by Crippen LogP contribution is -2.58. The van der Waals surface area contributed by atoms with Crippen LogP contribution in [0.4, 0.5) is 0 Å². The number of hydrogen-bond donors (Lipinski definition) is 5. The van der Waals surface area contributed by atoms with Crippen molar-refractivity contribution in [1.29, 1.82) is 0 Å². The smallest absolute Gasteiger partial charge is 0.202 e. The van der Waals surface area contributed by atoms with Crippen molar-refractivity contribution < 1.29 is 49.4 Å². The number of rotatable bonds is 5. The molecule has 0 bridgehead atoms. The van der Waals surface area contributed by atoms with E-state index in [0.717, 1.165) is 5.06 Å². The maximum absolute atomic E-state index is 14.0. The summed E-state index contributed by atoms with van der Waals surface area (Å²) in [6.07, 6.45) is -3.61. The number of phenols is 2. The zero-order chi connectivity index (χ0) is 36.7. The number of ether oxygens (including phenoxy) is 3. The average Bonchev–Trinajstić information content (AvgIpc) is 3.04. The van der Waals surface area contributed by atoms with Gasteiger partial charge in [0.25, 0.3) is 0 Å². The van der Waals surface area contributed by atoms with E-state index in [-0.39, 0.29) is 53.0 Å². The molecule has 2 aromatic carbocycles. The minimum absolute atomic E-state index is 0.00365. The summed E-state index contributed by atoms with van der Waals surface area (Å²) < 4.78 is 17.6. The van der Waals surface area contributed by atoms with Gasteiger partial charge in [-0.25, -0.2) is 0 Å². The van der Waals surface area contributed by atoms with Gasteiger partial charge in [0.2, 0.25) is 5.78 Å². The molecule has 6 atom stereocenters. The maximum atomic E-state index is 14.0. The molecule has 2 aliphatic carbocycles. The van der Waals surface area contributed by atoms with Gasteiger partial charge in [-0.15, -0.1) is 10.3 Å². The Hall–Kier alpha value is -3.76. The molecule has 2 fully saturated rings. The lowest BCUT2D eigenvalue weighted by molar-refractivity contribution is -0.273. The van der Waals surface area contributed by atoms with E-state index in [1.54, 1.807) is 19.9 Å². The molecule has 2 aromatic rings. The van der Waals surface area contributed by atoms with Crippen LogP contribution < -0.4 is 10.5 Å². The van der Waals surface area contributed by atoms with Crippen molar-refractivity contribution in [3.05, 3.63) is 51.6 Å². The van der Waals surface area contributed by atoms with Crippen LogP contribution in [-0.2, 0) is 21.1 Å². The Balaban J connectivity index is 1.46. The van der Waals surface area contributed by atoms with Gasteiger partial charge in [-0.2, -0.15) is 10.2 Å². The standard InChI is InChI=1S/C36H45N4O10/c1-16-29(41)21(37)11-24(49-16)50-23-15-36(46,17(2)38-39-18-12-34(3,4)40(47)35(5,6)13-18)14-20-26(23)33(45)28-27(31(20)43)30(42)19-9-8-10-22(48-7)25(19)32(28)44/h8-10,16,21,23-24,29,41,43,45-46H,11-15,37H2,1-7H3/b38-17+/t16-,21-,23-,24-,29+,36-/m0/s1. The molecule has 0 spiro atoms. The normalized spacial score (nSPS) is 30.7. The molecule has 50 heavy (non-hydrogen) atoms. The number of ketones is 2. The quantitative estimate of drug-likeness (QED) is 0.148. The van der Waals surface area contributed by atoms with Crippen LogP contribution in [0.2, 0.25) is 0 Å². The minimum atomic E-state index is -1.82. The second kappa shape index (κ2) is 12.5. The first-order chi connectivity index (χ1) is 23.3. The van der Waals surface area contributed by atoms with Crippen LogP contribution in [0.3, 0.4) is 0 Å². The second-order valence-electron chi connectivity index (χ2n) is 15.2. The highest BCUT2D eigenvalue weighted by molar-refractivity contribution is 6.31. The van der Waals surface area contributed by atoms with Crippen molar-refractivity contribution in [3.8, 4) is 17.2 Å². The molecule has 14 heteroatoms. The lowest BCUT2D eigenvalue weighted by atomic mass is 9.71. The van der Waals surface area contributed by atoms with Crippen LogP contribution in [0, 0.1) is 0 Å². The number of nitrogens with two attached hydrogens (primary N) is 1. The van der Waals surface area contributed by atoms with Crippen molar-refractivity contribution >= 4 is 23.0 Å². The highest BCUT2D eigenvalue weighted by Gasteiger charge is 2.49. The van der Waals surface area contributed by atoms with Gasteiger partial charge in [0.05, 0.1) is 47.8 Å². The van der Waals surface area contributed by atoms with Gasteiger partial charge in [-0.05, 0) is 47.6 Å². The molecule has 6 rings (SSSR count). The van der Waals surface area contributed by atoms with Crippen LogP contribution >= 0.6 is 0 Å². The zero-order valence-corrected chi connectivity index (χ0v) is 29.3. The van der Waals surface area contributed by atoms with Gasteiger partial charge >= 0.3 is 0 Å². The Morgan fingerprint density at radius 1 is 1.02 bits per heavy atom. The van der Waals surface area contributed by atoms with Gasteiger partial charge in [0, 0.05) is 71.6 Å². The summed E-state index contributed by atoms with van der Waals surface area (Å²) in [5.41, 5.74) is 2.85. The number of fused-ring (bicyclic) bond motifs is 3. The first-order valence-corrected chi connectivity index (χ1v) is 16.7. The topological polar surface area (TPSA) is 217 Å². The van der Waals surface area contributed by atoms with Crippen molar-refractivity contribution in [2.24, 2.45) is 15.9 Å². The Morgan fingerprint density at radius 2 is 1.66 bits per heavy atom. The lowest BCUT2D eigenvalue weighted by Gasteiger charge is -2.46. The van der Waals surface area contributed by atoms with E-state index >= 15 is 0 Å². The number of hydrogen-bond acceptors (Lipinski definition) is 13. The first kappa shape index (κ1) is 36.0. The molecular formula is C36H45N4O10. The van der Waals surface area contributed by atoms with Crippen LogP contribution in [-0.4, -0.2) is 96.8 Å². The molecule has 0 saturated carbocycles. The summed E-state index contributed by atoms with van der Waals surface area (Å²) in [5.74, 6) is -2.46. The zero-order valence-electron chi connectivity index (χ0n) is 29.3. The Morgan fingerprint density at radius 3 is 2.28 bits per heavy atom. The molecule has 1 radical (unpaired) electrons. The van der Waals surface area contributed by atoms with E-state index < -0.39 is 81.5 Å². The van der Waals surface area contributed by atoms with Gasteiger partial charge in [-0.1, -0.05) is 12.1 Å². The molecule has 14 nitrogen and oxygen atoms in total. The molecule has 6 N–H and O–H groups in total. The number of nitrogens with zero attached hydrogens (tertiary/aromatic N) is 3. The fourth-order valence-corrected chi connectivity index (χ4v) is 8.00. The third-order valence-corrected chi connectivity index (χ3v) is 10.5. The van der Waals surface area contributed by atoms with E-state index in [1.165, 1.54) is 19.2 Å². The van der Waals surface area contributed by atoms with Gasteiger partial charge in [0.15, 0.2) is 12.1 Å². The van der Waals surface area contributed by atoms with E-state index in [1.807, 2.05) is 27.7 Å². The Labute approximate surface area is 290 Å². The van der Waals surface area contributed by atoms with Crippen LogP contribution in [0.25, 0.3) is 0 Å². The van der Waals surface area contributed by atoms with Crippen LogP contribution in [0.15, 0.2) is 28.4 Å². The monoisotopic (exact) mass is 693 g/mol. The summed E-state index contributed by atoms with van der Waals surface area (Å²) in [5, 5.41) is 69.1. The molecule has 4 aliphatic rings. The number of benzene rings is 2. The largest absolute Gasteiger partial charge is 0.507 e. The number of aliphatic hydroxyl groups is 2. The summed E-state index contributed by atoms with van der Waals surface area (Å²) in [6.45, 7) is 10.5. The summed E-state index contributed by atoms with van der Waals surface area (Å²) in [6, 6.07) is 3.80. The predicted molar refractivity (Wildman–Crippen MR) is 180 cm³/mol. The number of phenolic OH excluding ortho intramolecular Hbond substituents is 2. The van der Waals surface area contributed by atoms with E-state index in [2.05, 4.69) is 10.2 Å². The van der Waals surface area contributed by atoms with Crippen molar-refractivity contribution in [2.75, 3.05) is 7.11 Å². The SMILES string of the molecule is COc1cccc2c1C(=O)c1c(O)c3c(c(O)c1C2=O)C[C@@](O)(/C(C)=N/N=C1CC(C)(C)N([O])C(C)(C)C1)C[C@@H]3O[C@H]1C[C@H](N)[C@H](O)[C@H](C)O1. The molecule has 2 heterocycles. The molecule has 2 saturated heterocycles. The number of aromatic hydroxyl groups is 2. The molecule has 269 valence electrons. The third-order valence-electron chi connectivity index (χ3n) is 10.5. The maximum Gasteiger partial charge on any atom is 0.202 e. The van der Waals surface area contributed by atoms with Crippen molar-refractivity contribution in [3.63, 3.8) is 0 Å². The third kappa shape index (κ3) is 5.82. The fourth-order valence-electron chi connectivity index (χ4n) is 8.00. The number of piperidine rings is 1. The number of aliphatic hydroxyl groups excluding tert-OH is 1. The fraction of sp³-hybridized carbons (Fsp3) is 0.556. The Kier molecular flexibility index (Phi) is 8.99. The van der Waals surface area contributed by atoms with Crippen molar-refractivity contribution in [2.45, 2.75) is 121 Å². The number of carbonyl (C=O) groups is 2. The van der Waals surface area contributed by atoms with Gasteiger partial charge in [-0.3, -0.25) is 9.59 Å². The summed E-state index contributed by atoms with van der Waals surface area (Å²) in [7, 11) is 1.35. The van der Waals surface area contributed by atoms with E-state index in [9.17, 15) is 35.2 Å². The van der Waals surface area contributed by atoms with Gasteiger partial charge < -0.3 is 40.4 Å². The number of carbonyl (C=O) groups excluding carboxylic acids is 2. The predicted octanol–water partition coefficient (Wildman–Crippen LogP) is 3.26. The van der Waals surface area contributed by atoms with Crippen LogP contribution in [0.5, 0.6) is 17.2 Å². The van der Waals surface area contributed by atoms with Gasteiger partial charge in [0.1, 0.15) is 22.8 Å². The Bertz CT molecular complexity index is 1790. The molecule has 2 aliphatic heterocycles.